The number of oxazole rings is 1. The number of hydrogen-bond acceptors (Lipinski definition) is 7. The van der Waals surface area contributed by atoms with Crippen molar-refractivity contribution in [1.29, 1.82) is 0 Å². The van der Waals surface area contributed by atoms with Gasteiger partial charge in [-0.05, 0) is 37.9 Å². The first-order chi connectivity index (χ1) is 13.8. The van der Waals surface area contributed by atoms with Crippen molar-refractivity contribution < 1.29 is 17.6 Å². The predicted octanol–water partition coefficient (Wildman–Crippen LogP) is 2.61. The molecule has 0 aliphatic carbocycles. The van der Waals surface area contributed by atoms with Crippen LogP contribution in [0.4, 0.5) is 0 Å². The van der Waals surface area contributed by atoms with Crippen molar-refractivity contribution in [3.63, 3.8) is 0 Å². The van der Waals surface area contributed by atoms with E-state index in [1.807, 2.05) is 24.4 Å². The first-order valence-electron chi connectivity index (χ1n) is 10.0. The summed E-state index contributed by atoms with van der Waals surface area (Å²) in [5.74, 6) is 1.27. The minimum Gasteiger partial charge on any atom is -0.440 e. The van der Waals surface area contributed by atoms with Gasteiger partial charge in [-0.1, -0.05) is 19.9 Å². The van der Waals surface area contributed by atoms with Crippen LogP contribution in [-0.2, 0) is 21.1 Å². The maximum Gasteiger partial charge on any atom is 0.236 e. The lowest BCUT2D eigenvalue weighted by Gasteiger charge is -2.30. The maximum absolute atomic E-state index is 13.2. The topological polar surface area (TPSA) is 83.7 Å². The number of aryl methyl sites for hydroxylation is 1. The van der Waals surface area contributed by atoms with Gasteiger partial charge < -0.3 is 14.2 Å². The van der Waals surface area contributed by atoms with E-state index < -0.39 is 9.84 Å². The summed E-state index contributed by atoms with van der Waals surface area (Å²) in [4.78, 5) is 22.6. The fourth-order valence-corrected chi connectivity index (χ4v) is 6.04. The van der Waals surface area contributed by atoms with Crippen molar-refractivity contribution in [3.05, 3.63) is 29.0 Å². The van der Waals surface area contributed by atoms with Crippen molar-refractivity contribution >= 4 is 27.1 Å². The molecule has 1 aliphatic rings. The second kappa shape index (κ2) is 9.40. The van der Waals surface area contributed by atoms with Crippen LogP contribution in [0, 0.1) is 6.92 Å². The minimum atomic E-state index is -3.07. The minimum absolute atomic E-state index is 0.0508. The van der Waals surface area contributed by atoms with E-state index in [0.29, 0.717) is 30.3 Å². The predicted molar refractivity (Wildman–Crippen MR) is 115 cm³/mol. The Morgan fingerprint density at radius 3 is 2.66 bits per heavy atom. The van der Waals surface area contributed by atoms with Gasteiger partial charge in [0.05, 0.1) is 28.5 Å². The largest absolute Gasteiger partial charge is 0.440 e. The average molecular weight is 440 g/mol. The standard InChI is InChI=1S/C20H29N3O4S2/c1-4-22(5-2)9-10-23(16-8-12-29(25,26)14-16)19(24)13-17-15(3)27-20(21-17)18-7-6-11-28-18/h6-7,11,16H,4-5,8-10,12-14H2,1-3H3. The Morgan fingerprint density at radius 2 is 2.07 bits per heavy atom. The van der Waals surface area contributed by atoms with Gasteiger partial charge >= 0.3 is 0 Å². The molecule has 1 unspecified atom stereocenters. The third-order valence-corrected chi connectivity index (χ3v) is 8.07. The molecule has 1 atom stereocenters. The molecule has 3 heterocycles. The van der Waals surface area contributed by atoms with E-state index in [1.165, 1.54) is 11.3 Å². The Morgan fingerprint density at radius 1 is 1.31 bits per heavy atom. The van der Waals surface area contributed by atoms with Crippen LogP contribution in [0.25, 0.3) is 10.8 Å². The summed E-state index contributed by atoms with van der Waals surface area (Å²) in [6.07, 6.45) is 0.625. The molecule has 0 spiro atoms. The van der Waals surface area contributed by atoms with Crippen LogP contribution in [0.1, 0.15) is 31.7 Å². The van der Waals surface area contributed by atoms with Crippen molar-refractivity contribution in [3.8, 4) is 10.8 Å². The molecule has 2 aromatic heterocycles. The highest BCUT2D eigenvalue weighted by Crippen LogP contribution is 2.27. The molecule has 1 amide bonds. The number of hydrogen-bond donors (Lipinski definition) is 0. The molecule has 160 valence electrons. The second-order valence-electron chi connectivity index (χ2n) is 7.35. The van der Waals surface area contributed by atoms with Crippen LogP contribution >= 0.6 is 11.3 Å². The summed E-state index contributed by atoms with van der Waals surface area (Å²) >= 11 is 1.54. The number of thiophene rings is 1. The molecular weight excluding hydrogens is 410 g/mol. The average Bonchev–Trinajstić information content (AvgIpc) is 3.40. The first-order valence-corrected chi connectivity index (χ1v) is 12.8. The highest BCUT2D eigenvalue weighted by atomic mass is 32.2. The van der Waals surface area contributed by atoms with Crippen LogP contribution < -0.4 is 0 Å². The van der Waals surface area contributed by atoms with Gasteiger partial charge in [0.2, 0.25) is 11.8 Å². The lowest BCUT2D eigenvalue weighted by Crippen LogP contribution is -2.46. The van der Waals surface area contributed by atoms with Gasteiger partial charge in [0.15, 0.2) is 9.84 Å². The Bertz CT molecular complexity index is 918. The fourth-order valence-electron chi connectivity index (χ4n) is 3.66. The summed E-state index contributed by atoms with van der Waals surface area (Å²) in [6.45, 7) is 9.03. The van der Waals surface area contributed by atoms with Crippen molar-refractivity contribution in [1.82, 2.24) is 14.8 Å². The number of sulfone groups is 1. The summed E-state index contributed by atoms with van der Waals surface area (Å²) in [7, 11) is -3.07. The monoisotopic (exact) mass is 439 g/mol. The van der Waals surface area contributed by atoms with Gasteiger partial charge in [0.25, 0.3) is 0 Å². The normalized spacial score (nSPS) is 18.4. The van der Waals surface area contributed by atoms with Crippen LogP contribution in [-0.4, -0.2) is 72.8 Å². The summed E-state index contributed by atoms with van der Waals surface area (Å²) in [5.41, 5.74) is 0.618. The molecule has 1 saturated heterocycles. The smallest absolute Gasteiger partial charge is 0.236 e. The van der Waals surface area contributed by atoms with Crippen LogP contribution in [0.5, 0.6) is 0 Å². The maximum atomic E-state index is 13.2. The molecule has 0 N–H and O–H groups in total. The highest BCUT2D eigenvalue weighted by molar-refractivity contribution is 7.91. The number of aromatic nitrogens is 1. The van der Waals surface area contributed by atoms with Gasteiger partial charge in [-0.25, -0.2) is 13.4 Å². The van der Waals surface area contributed by atoms with E-state index in [-0.39, 0.29) is 29.9 Å². The van der Waals surface area contributed by atoms with Gasteiger partial charge in [0.1, 0.15) is 5.76 Å². The summed E-state index contributed by atoms with van der Waals surface area (Å²) < 4.78 is 29.7. The first kappa shape index (κ1) is 22.0. The van der Waals surface area contributed by atoms with Gasteiger partial charge in [-0.2, -0.15) is 0 Å². The number of carbonyl (C=O) groups is 1. The molecule has 0 radical (unpaired) electrons. The lowest BCUT2D eigenvalue weighted by atomic mass is 10.1. The number of nitrogens with zero attached hydrogens (tertiary/aromatic N) is 3. The van der Waals surface area contributed by atoms with Crippen molar-refractivity contribution in [2.45, 2.75) is 39.7 Å². The van der Waals surface area contributed by atoms with Crippen molar-refractivity contribution in [2.75, 3.05) is 37.7 Å². The molecule has 3 rings (SSSR count). The Kier molecular flexibility index (Phi) is 7.13. The zero-order valence-corrected chi connectivity index (χ0v) is 18.9. The zero-order chi connectivity index (χ0) is 21.0. The number of likely N-dealkylation sites (N-methyl/N-ethyl adjacent to an activating group) is 1. The van der Waals surface area contributed by atoms with E-state index in [4.69, 9.17) is 4.42 Å². The molecule has 7 nitrogen and oxygen atoms in total. The molecule has 1 aliphatic heterocycles. The highest BCUT2D eigenvalue weighted by Gasteiger charge is 2.35. The second-order valence-corrected chi connectivity index (χ2v) is 10.5. The SMILES string of the molecule is CCN(CC)CCN(C(=O)Cc1nc(-c2cccs2)oc1C)C1CCS(=O)(=O)C1. The molecule has 0 aromatic carbocycles. The molecule has 9 heteroatoms. The van der Waals surface area contributed by atoms with E-state index in [0.717, 1.165) is 24.5 Å². The molecular formula is C20H29N3O4S2. The number of amides is 1. The van der Waals surface area contributed by atoms with E-state index >= 15 is 0 Å². The summed E-state index contributed by atoms with van der Waals surface area (Å²) in [5, 5.41) is 1.95. The number of rotatable bonds is 9. The molecule has 0 bridgehead atoms. The van der Waals surface area contributed by atoms with E-state index in [2.05, 4.69) is 23.7 Å². The van der Waals surface area contributed by atoms with Crippen LogP contribution in [0.3, 0.4) is 0 Å². The van der Waals surface area contributed by atoms with Gasteiger partial charge in [-0.3, -0.25) is 4.79 Å². The Labute approximate surface area is 176 Å². The van der Waals surface area contributed by atoms with Gasteiger partial charge in [-0.15, -0.1) is 11.3 Å². The van der Waals surface area contributed by atoms with Crippen LogP contribution in [0.2, 0.25) is 0 Å². The quantitative estimate of drug-likeness (QED) is 0.597. The van der Waals surface area contributed by atoms with E-state index in [1.54, 1.807) is 4.90 Å². The third kappa shape index (κ3) is 5.46. The fraction of sp³-hybridized carbons (Fsp3) is 0.600. The molecule has 0 saturated carbocycles. The van der Waals surface area contributed by atoms with E-state index in [9.17, 15) is 13.2 Å². The number of carbonyl (C=O) groups excluding carboxylic acids is 1. The Hall–Kier alpha value is -1.71. The lowest BCUT2D eigenvalue weighted by molar-refractivity contribution is -0.132. The molecule has 2 aromatic rings. The zero-order valence-electron chi connectivity index (χ0n) is 17.3. The third-order valence-electron chi connectivity index (χ3n) is 5.46. The van der Waals surface area contributed by atoms with Crippen molar-refractivity contribution in [2.24, 2.45) is 0 Å². The Balaban J connectivity index is 1.75. The van der Waals surface area contributed by atoms with Gasteiger partial charge in [0, 0.05) is 19.1 Å². The summed E-state index contributed by atoms with van der Waals surface area (Å²) in [6, 6.07) is 3.60. The van der Waals surface area contributed by atoms with Crippen LogP contribution in [0.15, 0.2) is 21.9 Å². The molecule has 1 fully saturated rings. The molecule has 29 heavy (non-hydrogen) atoms.